The molecule has 3 heterocycles. The molecule has 116 valence electrons. The summed E-state index contributed by atoms with van der Waals surface area (Å²) < 4.78 is 5.55. The van der Waals surface area contributed by atoms with Crippen LogP contribution in [0, 0.1) is 11.3 Å². The molecule has 3 rings (SSSR count). The second kappa shape index (κ2) is 6.95. The van der Waals surface area contributed by atoms with Crippen LogP contribution in [0.4, 0.5) is 5.00 Å². The summed E-state index contributed by atoms with van der Waals surface area (Å²) in [6, 6.07) is 7.50. The number of amides is 1. The summed E-state index contributed by atoms with van der Waals surface area (Å²) in [5.41, 5.74) is 0.457. The van der Waals surface area contributed by atoms with Gasteiger partial charge in [-0.2, -0.15) is 5.26 Å². The van der Waals surface area contributed by atoms with E-state index in [4.69, 9.17) is 9.68 Å². The van der Waals surface area contributed by atoms with Crippen LogP contribution in [-0.4, -0.2) is 21.4 Å². The maximum absolute atomic E-state index is 12.2. The van der Waals surface area contributed by atoms with Crippen molar-refractivity contribution in [1.29, 1.82) is 5.26 Å². The van der Waals surface area contributed by atoms with Gasteiger partial charge in [-0.25, -0.2) is 0 Å². The van der Waals surface area contributed by atoms with E-state index in [1.54, 1.807) is 18.4 Å². The van der Waals surface area contributed by atoms with Gasteiger partial charge in [-0.1, -0.05) is 17.8 Å². The van der Waals surface area contributed by atoms with E-state index >= 15 is 0 Å². The van der Waals surface area contributed by atoms with E-state index in [9.17, 15) is 4.79 Å². The quantitative estimate of drug-likeness (QED) is 0.693. The highest BCUT2D eigenvalue weighted by Gasteiger charge is 2.20. The number of thiophene rings is 2. The number of carbonyl (C=O) groups excluding carboxylic acids is 1. The lowest BCUT2D eigenvalue weighted by atomic mass is 10.3. The maximum Gasteiger partial charge on any atom is 0.277 e. The number of nitrogens with one attached hydrogen (secondary N) is 1. The first kappa shape index (κ1) is 15.7. The molecule has 0 aliphatic rings. The van der Waals surface area contributed by atoms with E-state index in [1.165, 1.54) is 34.4 Å². The third-order valence-electron chi connectivity index (χ3n) is 2.81. The van der Waals surface area contributed by atoms with Crippen molar-refractivity contribution in [2.75, 3.05) is 5.32 Å². The van der Waals surface area contributed by atoms with Crippen molar-refractivity contribution in [2.45, 2.75) is 17.4 Å². The monoisotopic (exact) mass is 362 g/mol. The van der Waals surface area contributed by atoms with E-state index in [2.05, 4.69) is 15.5 Å². The lowest BCUT2D eigenvalue weighted by Crippen LogP contribution is -2.22. The van der Waals surface area contributed by atoms with E-state index in [0.29, 0.717) is 21.7 Å². The van der Waals surface area contributed by atoms with Gasteiger partial charge < -0.3 is 9.73 Å². The topological polar surface area (TPSA) is 91.8 Å². The number of rotatable bonds is 5. The molecule has 0 fully saturated rings. The maximum atomic E-state index is 12.2. The Labute approximate surface area is 144 Å². The minimum Gasteiger partial charge on any atom is -0.410 e. The lowest BCUT2D eigenvalue weighted by molar-refractivity contribution is -0.115. The van der Waals surface area contributed by atoms with E-state index < -0.39 is 5.25 Å². The zero-order chi connectivity index (χ0) is 16.2. The lowest BCUT2D eigenvalue weighted by Gasteiger charge is -2.08. The Kier molecular flexibility index (Phi) is 4.76. The van der Waals surface area contributed by atoms with Gasteiger partial charge in [0.25, 0.3) is 11.1 Å². The molecule has 23 heavy (non-hydrogen) atoms. The van der Waals surface area contributed by atoms with Crippen LogP contribution in [0.2, 0.25) is 0 Å². The molecular formula is C14H10N4O2S3. The molecule has 3 aromatic heterocycles. The van der Waals surface area contributed by atoms with Gasteiger partial charge in [-0.3, -0.25) is 4.79 Å². The van der Waals surface area contributed by atoms with Gasteiger partial charge >= 0.3 is 0 Å². The van der Waals surface area contributed by atoms with Crippen LogP contribution < -0.4 is 5.32 Å². The summed E-state index contributed by atoms with van der Waals surface area (Å²) in [7, 11) is 0. The van der Waals surface area contributed by atoms with Crippen molar-refractivity contribution in [1.82, 2.24) is 10.2 Å². The van der Waals surface area contributed by atoms with Crippen molar-refractivity contribution in [3.8, 4) is 16.8 Å². The second-order valence-corrected chi connectivity index (χ2v) is 7.53. The highest BCUT2D eigenvalue weighted by molar-refractivity contribution is 8.00. The fraction of sp³-hybridized carbons (Fsp3) is 0.143. The van der Waals surface area contributed by atoms with Crippen molar-refractivity contribution in [2.24, 2.45) is 0 Å². The largest absolute Gasteiger partial charge is 0.410 e. The summed E-state index contributed by atoms with van der Waals surface area (Å²) in [6.45, 7) is 1.74. The normalized spacial score (nSPS) is 11.8. The number of anilines is 1. The van der Waals surface area contributed by atoms with Gasteiger partial charge in [0.05, 0.1) is 15.7 Å². The van der Waals surface area contributed by atoms with Crippen molar-refractivity contribution < 1.29 is 9.21 Å². The van der Waals surface area contributed by atoms with Crippen LogP contribution in [0.25, 0.3) is 10.8 Å². The van der Waals surface area contributed by atoms with Crippen LogP contribution >= 0.6 is 34.4 Å². The van der Waals surface area contributed by atoms with Gasteiger partial charge in [0.15, 0.2) is 0 Å². The molecule has 0 saturated heterocycles. The molecule has 1 N–H and O–H groups in total. The minimum absolute atomic E-state index is 0.218. The van der Waals surface area contributed by atoms with Gasteiger partial charge in [0.2, 0.25) is 5.91 Å². The number of hydrogen-bond acceptors (Lipinski definition) is 8. The first-order valence-electron chi connectivity index (χ1n) is 6.50. The fourth-order valence-electron chi connectivity index (χ4n) is 1.67. The molecule has 0 saturated carbocycles. The molecule has 1 atom stereocenters. The third-order valence-corrected chi connectivity index (χ3v) is 5.43. The molecule has 6 nitrogen and oxygen atoms in total. The number of nitrogens with zero attached hydrogens (tertiary/aromatic N) is 3. The van der Waals surface area contributed by atoms with Crippen LogP contribution in [0.3, 0.4) is 0 Å². The van der Waals surface area contributed by atoms with Gasteiger partial charge in [0.1, 0.15) is 11.1 Å². The smallest absolute Gasteiger partial charge is 0.277 e. The first-order chi connectivity index (χ1) is 11.2. The Morgan fingerprint density at radius 1 is 1.39 bits per heavy atom. The zero-order valence-electron chi connectivity index (χ0n) is 11.8. The van der Waals surface area contributed by atoms with Crippen LogP contribution in [0.15, 0.2) is 38.6 Å². The molecule has 3 aromatic rings. The average Bonchev–Trinajstić information content (AvgIpc) is 3.28. The van der Waals surface area contributed by atoms with Gasteiger partial charge in [0, 0.05) is 0 Å². The van der Waals surface area contributed by atoms with Crippen molar-refractivity contribution in [3.05, 3.63) is 34.5 Å². The molecule has 0 aliphatic carbocycles. The van der Waals surface area contributed by atoms with E-state index in [0.717, 1.165) is 4.88 Å². The molecule has 9 heteroatoms. The number of aromatic nitrogens is 2. The summed E-state index contributed by atoms with van der Waals surface area (Å²) >= 11 is 4.00. The predicted molar refractivity (Wildman–Crippen MR) is 90.6 cm³/mol. The summed E-state index contributed by atoms with van der Waals surface area (Å²) in [5.74, 6) is 0.227. The van der Waals surface area contributed by atoms with Crippen LogP contribution in [-0.2, 0) is 4.79 Å². The minimum atomic E-state index is -0.430. The molecule has 0 spiro atoms. The molecule has 0 radical (unpaired) electrons. The predicted octanol–water partition coefficient (Wildman–Crippen LogP) is 3.85. The molecule has 0 aromatic carbocycles. The first-order valence-corrected chi connectivity index (χ1v) is 9.14. The van der Waals surface area contributed by atoms with Gasteiger partial charge in [-0.15, -0.1) is 32.9 Å². The van der Waals surface area contributed by atoms with Crippen LogP contribution in [0.1, 0.15) is 12.5 Å². The Bertz CT molecular complexity index is 848. The number of hydrogen-bond donors (Lipinski definition) is 1. The fourth-order valence-corrected chi connectivity index (χ4v) is 3.74. The molecule has 1 amide bonds. The highest BCUT2D eigenvalue weighted by Crippen LogP contribution is 2.29. The molecule has 0 bridgehead atoms. The standard InChI is InChI=1S/C14H10N4O2S3/c1-8(11(19)16-13-9(7-15)4-6-22-13)23-14-18-17-12(20-14)10-3-2-5-21-10/h2-6,8H,1H3,(H,16,19)/t8-/m1/s1. The summed E-state index contributed by atoms with van der Waals surface area (Å²) in [4.78, 5) is 13.1. The third kappa shape index (κ3) is 3.61. The zero-order valence-corrected chi connectivity index (χ0v) is 14.3. The molecular weight excluding hydrogens is 352 g/mol. The van der Waals surface area contributed by atoms with Gasteiger partial charge in [-0.05, 0) is 29.8 Å². The Morgan fingerprint density at radius 2 is 2.26 bits per heavy atom. The SMILES string of the molecule is C[C@@H](Sc1nnc(-c2cccs2)o1)C(=O)Nc1sccc1C#N. The second-order valence-electron chi connectivity index (χ2n) is 4.37. The number of carbonyl (C=O) groups is 1. The summed E-state index contributed by atoms with van der Waals surface area (Å²) in [5, 5.41) is 23.8. The number of thioether (sulfide) groups is 1. The summed E-state index contributed by atoms with van der Waals surface area (Å²) in [6.07, 6.45) is 0. The van der Waals surface area contributed by atoms with Crippen LogP contribution in [0.5, 0.6) is 0 Å². The van der Waals surface area contributed by atoms with Crippen molar-refractivity contribution >= 4 is 45.3 Å². The van der Waals surface area contributed by atoms with Crippen molar-refractivity contribution in [3.63, 3.8) is 0 Å². The number of nitriles is 1. The Balaban J connectivity index is 1.64. The van der Waals surface area contributed by atoms with E-state index in [-0.39, 0.29) is 5.91 Å². The molecule has 0 unspecified atom stereocenters. The highest BCUT2D eigenvalue weighted by atomic mass is 32.2. The Hall–Kier alpha value is -2.15. The Morgan fingerprint density at radius 3 is 3.00 bits per heavy atom. The molecule has 0 aliphatic heterocycles. The van der Waals surface area contributed by atoms with E-state index in [1.807, 2.05) is 23.6 Å². The average molecular weight is 362 g/mol.